The number of nitrogens with two attached hydrogens (primary N) is 8. The molecule has 29 nitrogen and oxygen atoms in total. The quantitative estimate of drug-likeness (QED) is 0.0146. The average molecular weight is 1380 g/mol. The third kappa shape index (κ3) is 29.7. The molecular weight excluding hydrogens is 1270 g/mol. The van der Waals surface area contributed by atoms with Gasteiger partial charge in [0.1, 0.15) is 28.7 Å². The molecule has 29 heteroatoms. The largest absolute Gasteiger partial charge is 0.493 e. The van der Waals surface area contributed by atoms with Gasteiger partial charge in [-0.3, -0.25) is 48.7 Å². The van der Waals surface area contributed by atoms with E-state index in [9.17, 15) is 38.7 Å². The van der Waals surface area contributed by atoms with Gasteiger partial charge >= 0.3 is 5.97 Å². The zero-order valence-electron chi connectivity index (χ0n) is 58.3. The lowest BCUT2D eigenvalue weighted by Crippen LogP contribution is -2.38. The molecule has 2 aliphatic rings. The molecule has 2 fully saturated rings. The van der Waals surface area contributed by atoms with Gasteiger partial charge in [0.2, 0.25) is 0 Å². The molecule has 3 amide bonds. The highest BCUT2D eigenvalue weighted by atomic mass is 16.5. The molecule has 0 radical (unpaired) electrons. The number of nitrogens with zero attached hydrogens (tertiary/aromatic N) is 5. The van der Waals surface area contributed by atoms with Crippen molar-refractivity contribution in [3.63, 3.8) is 0 Å². The number of ketones is 3. The number of hydrogen-bond acceptors (Lipinski definition) is 17. The Bertz CT molecular complexity index is 3270. The fourth-order valence-electron chi connectivity index (χ4n) is 11.8. The van der Waals surface area contributed by atoms with E-state index in [1.54, 1.807) is 25.1 Å². The van der Waals surface area contributed by atoms with Crippen LogP contribution in [0.5, 0.6) is 28.7 Å². The van der Waals surface area contributed by atoms with Crippen LogP contribution in [0.2, 0.25) is 0 Å². The Morgan fingerprint density at radius 3 is 1.15 bits per heavy atom. The van der Waals surface area contributed by atoms with Gasteiger partial charge < -0.3 is 95.5 Å². The minimum atomic E-state index is -1.23. The van der Waals surface area contributed by atoms with Crippen LogP contribution in [0.1, 0.15) is 216 Å². The highest BCUT2D eigenvalue weighted by molar-refractivity contribution is 6.06. The number of ether oxygens (including phenoxy) is 5. The summed E-state index contributed by atoms with van der Waals surface area (Å²) in [5, 5.41) is 18.9. The number of likely N-dealkylation sites (N-methyl/N-ethyl adjacent to an activating group) is 1. The first kappa shape index (κ1) is 80.3. The summed E-state index contributed by atoms with van der Waals surface area (Å²) in [6.07, 6.45) is 13.4. The molecule has 3 aromatic carbocycles. The zero-order valence-corrected chi connectivity index (χ0v) is 58.3. The Labute approximate surface area is 581 Å². The number of benzene rings is 3. The summed E-state index contributed by atoms with van der Waals surface area (Å²) in [5.74, 6) is -2.21. The SMILES string of the molecule is CC(=O)c1cc(C(=O)NC2CCC(CC(=O)c3cc(C(=O)CC4CCC(NC(=O)c5cc(C(=O)NCCN(C)C)c(OCCCCCN=C(N)N)cc5OCCCCCN=C(N)N)CC4)c(OCC(=O)O)cc3C)CC2)c(OCCCCCN=C(N)N)cc1OCCCCCN=C(N)N. The van der Waals surface area contributed by atoms with E-state index in [2.05, 4.69) is 35.9 Å². The number of rotatable bonds is 46. The molecular formula is C70H108N16O13. The highest BCUT2D eigenvalue weighted by Crippen LogP contribution is 2.37. The Morgan fingerprint density at radius 2 is 0.788 bits per heavy atom. The summed E-state index contributed by atoms with van der Waals surface area (Å²) in [4.78, 5) is 114. The number of guanidine groups is 4. The molecule has 0 heterocycles. The van der Waals surface area contributed by atoms with Crippen molar-refractivity contribution in [2.24, 2.45) is 77.7 Å². The monoisotopic (exact) mass is 1380 g/mol. The molecule has 0 saturated heterocycles. The Balaban J connectivity index is 1.25. The van der Waals surface area contributed by atoms with E-state index in [-0.39, 0.29) is 149 Å². The number of amides is 3. The molecule has 2 saturated carbocycles. The number of Topliss-reactive ketones (excluding diaryl/α,β-unsaturated/α-hetero) is 3. The number of nitrogens with one attached hydrogen (secondary N) is 3. The van der Waals surface area contributed by atoms with E-state index >= 15 is 0 Å². The van der Waals surface area contributed by atoms with Gasteiger partial charge in [-0.1, -0.05) is 0 Å². The van der Waals surface area contributed by atoms with Crippen LogP contribution in [0.15, 0.2) is 56.4 Å². The van der Waals surface area contributed by atoms with Gasteiger partial charge in [-0.05, 0) is 198 Å². The van der Waals surface area contributed by atoms with Crippen LogP contribution in [0, 0.1) is 18.8 Å². The minimum Gasteiger partial charge on any atom is -0.493 e. The van der Waals surface area contributed by atoms with Gasteiger partial charge in [0.25, 0.3) is 17.7 Å². The molecule has 0 aliphatic heterocycles. The van der Waals surface area contributed by atoms with E-state index < -0.39 is 30.3 Å². The fourth-order valence-corrected chi connectivity index (χ4v) is 11.8. The van der Waals surface area contributed by atoms with Crippen LogP contribution in [-0.2, 0) is 4.79 Å². The third-order valence-corrected chi connectivity index (χ3v) is 17.1. The van der Waals surface area contributed by atoms with Gasteiger partial charge in [-0.15, -0.1) is 0 Å². The number of aliphatic imine (C=N–C) groups is 4. The van der Waals surface area contributed by atoms with Crippen molar-refractivity contribution in [2.45, 2.75) is 167 Å². The van der Waals surface area contributed by atoms with Gasteiger partial charge in [0.15, 0.2) is 47.8 Å². The van der Waals surface area contributed by atoms with Crippen LogP contribution in [0.4, 0.5) is 0 Å². The number of hydrogen-bond donors (Lipinski definition) is 12. The van der Waals surface area contributed by atoms with Crippen molar-refractivity contribution in [1.29, 1.82) is 0 Å². The molecule has 0 unspecified atom stereocenters. The summed E-state index contributed by atoms with van der Waals surface area (Å²) >= 11 is 0. The predicted octanol–water partition coefficient (Wildman–Crippen LogP) is 5.37. The summed E-state index contributed by atoms with van der Waals surface area (Å²) in [5.41, 5.74) is 45.5. The molecule has 0 spiro atoms. The molecule has 0 atom stereocenters. The number of aryl methyl sites for hydroxylation is 1. The molecule has 20 N–H and O–H groups in total. The summed E-state index contributed by atoms with van der Waals surface area (Å²) in [6, 6.07) is 8.77. The number of unbranched alkanes of at least 4 members (excludes halogenated alkanes) is 8. The second-order valence-corrected chi connectivity index (χ2v) is 25.6. The molecule has 99 heavy (non-hydrogen) atoms. The van der Waals surface area contributed by atoms with Crippen molar-refractivity contribution < 1.29 is 62.4 Å². The van der Waals surface area contributed by atoms with Crippen molar-refractivity contribution >= 4 is 64.9 Å². The minimum absolute atomic E-state index is 0.0145. The standard InChI is InChI=1S/C70H108N16O13/c1-44-35-58(99-43-63(90)91)52(38-50(44)56(88)36-46-17-21-48(22-18-46)84-65(93)54-39-51(45(2)87)59(95-31-13-5-9-25-80-67(71)72)41-61(54)97-33-15-7-11-27-82-69(75)76)57(89)37-47-19-23-49(24-20-47)85-66(94)55-40-53(64(92)79-29-30-86(3)4)60(96-32-14-6-10-26-81-68(73)74)42-62(55)98-34-16-8-12-28-83-70(77)78/h35,38-42,46-49H,5-34,36-37,43H2,1-4H3,(H,79,92)(H,84,93)(H,85,94)(H,90,91)(H4,71,72,80)(H4,73,74,81)(H4,75,76,82)(H4,77,78,83). The smallest absolute Gasteiger partial charge is 0.341 e. The van der Waals surface area contributed by atoms with E-state index in [0.717, 1.165) is 44.9 Å². The first-order valence-corrected chi connectivity index (χ1v) is 34.6. The van der Waals surface area contributed by atoms with Gasteiger partial charge in [0, 0.05) is 81.9 Å². The average Bonchev–Trinajstić information content (AvgIpc) is 0.834. The number of carbonyl (C=O) groups is 7. The van der Waals surface area contributed by atoms with E-state index in [4.69, 9.17) is 69.6 Å². The highest BCUT2D eigenvalue weighted by Gasteiger charge is 2.32. The Morgan fingerprint density at radius 1 is 0.444 bits per heavy atom. The molecule has 5 rings (SSSR count). The topological polar surface area (TPSA) is 483 Å². The first-order valence-electron chi connectivity index (χ1n) is 34.6. The lowest BCUT2D eigenvalue weighted by molar-refractivity contribution is -0.139. The molecule has 2 aliphatic carbocycles. The maximum atomic E-state index is 14.5. The summed E-state index contributed by atoms with van der Waals surface area (Å²) in [7, 11) is 3.79. The van der Waals surface area contributed by atoms with Crippen LogP contribution in [0.3, 0.4) is 0 Å². The first-order chi connectivity index (χ1) is 47.4. The lowest BCUT2D eigenvalue weighted by atomic mass is 9.80. The number of carboxylic acids is 1. The second kappa shape index (κ2) is 43.1. The normalized spacial score (nSPS) is 15.7. The van der Waals surface area contributed by atoms with E-state index in [1.807, 2.05) is 19.0 Å². The fraction of sp³-hybridized carbons (Fsp3) is 0.586. The number of carbonyl (C=O) groups excluding carboxylic acids is 6. The lowest BCUT2D eigenvalue weighted by Gasteiger charge is -2.29. The van der Waals surface area contributed by atoms with Gasteiger partial charge in [0.05, 0.1) is 54.2 Å². The number of aliphatic carboxylic acids is 1. The summed E-state index contributed by atoms with van der Waals surface area (Å²) in [6.45, 7) is 6.36. The van der Waals surface area contributed by atoms with Crippen LogP contribution in [0.25, 0.3) is 0 Å². The zero-order chi connectivity index (χ0) is 72.2. The van der Waals surface area contributed by atoms with Crippen molar-refractivity contribution in [2.75, 3.05) is 86.4 Å². The molecule has 546 valence electrons. The van der Waals surface area contributed by atoms with Crippen molar-refractivity contribution in [1.82, 2.24) is 20.9 Å². The molecule has 0 aromatic heterocycles. The van der Waals surface area contributed by atoms with E-state index in [1.165, 1.54) is 25.1 Å². The number of carboxylic acid groups (broad SMARTS) is 1. The van der Waals surface area contributed by atoms with Crippen molar-refractivity contribution in [3.8, 4) is 28.7 Å². The second-order valence-electron chi connectivity index (χ2n) is 25.6. The van der Waals surface area contributed by atoms with E-state index in [0.29, 0.717) is 146 Å². The third-order valence-electron chi connectivity index (χ3n) is 17.1. The van der Waals surface area contributed by atoms with Crippen LogP contribution >= 0.6 is 0 Å². The Hall–Kier alpha value is -9.41. The van der Waals surface area contributed by atoms with Crippen LogP contribution < -0.4 is 85.5 Å². The molecule has 3 aromatic rings. The van der Waals surface area contributed by atoms with Gasteiger partial charge in [-0.2, -0.15) is 0 Å². The van der Waals surface area contributed by atoms with Crippen molar-refractivity contribution in [3.05, 3.63) is 75.3 Å². The maximum absolute atomic E-state index is 14.5. The Kier molecular flexibility index (Phi) is 34.9. The maximum Gasteiger partial charge on any atom is 0.341 e. The predicted molar refractivity (Wildman–Crippen MR) is 382 cm³/mol. The molecule has 0 bridgehead atoms. The summed E-state index contributed by atoms with van der Waals surface area (Å²) < 4.78 is 30.6. The van der Waals surface area contributed by atoms with Gasteiger partial charge in [-0.25, -0.2) is 4.79 Å². The van der Waals surface area contributed by atoms with Crippen LogP contribution in [-0.4, -0.2) is 173 Å².